The highest BCUT2D eigenvalue weighted by atomic mass is 15.0. The van der Waals surface area contributed by atoms with Crippen LogP contribution in [0.25, 0.3) is 5.65 Å². The summed E-state index contributed by atoms with van der Waals surface area (Å²) in [6.07, 6.45) is 6.57. The quantitative estimate of drug-likeness (QED) is 0.768. The van der Waals surface area contributed by atoms with E-state index in [0.29, 0.717) is 6.54 Å². The highest BCUT2D eigenvalue weighted by Crippen LogP contribution is 2.09. The number of hydrogen-bond acceptors (Lipinski definition) is 3. The van der Waals surface area contributed by atoms with Crippen molar-refractivity contribution >= 4 is 5.65 Å². The Labute approximate surface area is 118 Å². The zero-order chi connectivity index (χ0) is 13.8. The van der Waals surface area contributed by atoms with E-state index in [1.807, 2.05) is 23.0 Å². The van der Waals surface area contributed by atoms with Crippen LogP contribution in [0.1, 0.15) is 17.0 Å². The van der Waals surface area contributed by atoms with Crippen LogP contribution in [0.4, 0.5) is 0 Å². The fraction of sp³-hybridized carbons (Fsp3) is 0.250. The van der Waals surface area contributed by atoms with Gasteiger partial charge in [0.15, 0.2) is 0 Å². The largest absolute Gasteiger partial charge is 0.330 e. The third kappa shape index (κ3) is 2.86. The average molecular weight is 266 g/mol. The van der Waals surface area contributed by atoms with Crippen LogP contribution in [-0.4, -0.2) is 20.9 Å². The molecule has 0 aliphatic heterocycles. The summed E-state index contributed by atoms with van der Waals surface area (Å²) in [6.45, 7) is 0.623. The minimum absolute atomic E-state index is 0.623. The highest BCUT2D eigenvalue weighted by Gasteiger charge is 2.03. The zero-order valence-electron chi connectivity index (χ0n) is 11.4. The van der Waals surface area contributed by atoms with Crippen LogP contribution in [0, 0.1) is 0 Å². The highest BCUT2D eigenvalue weighted by molar-refractivity contribution is 5.40. The van der Waals surface area contributed by atoms with Crippen LogP contribution >= 0.6 is 0 Å². The van der Waals surface area contributed by atoms with Gasteiger partial charge >= 0.3 is 0 Å². The predicted molar refractivity (Wildman–Crippen MR) is 79.6 cm³/mol. The number of nitrogens with two attached hydrogens (primary N) is 1. The van der Waals surface area contributed by atoms with Gasteiger partial charge in [-0.2, -0.15) is 0 Å². The van der Waals surface area contributed by atoms with E-state index in [4.69, 9.17) is 5.73 Å². The summed E-state index contributed by atoms with van der Waals surface area (Å²) in [5.74, 6) is 0. The van der Waals surface area contributed by atoms with Crippen molar-refractivity contribution in [2.24, 2.45) is 5.73 Å². The first kappa shape index (κ1) is 12.8. The lowest BCUT2D eigenvalue weighted by atomic mass is 10.1. The fourth-order valence-corrected chi connectivity index (χ4v) is 2.30. The smallest absolute Gasteiger partial charge is 0.140 e. The molecule has 0 aliphatic rings. The van der Waals surface area contributed by atoms with Gasteiger partial charge in [-0.1, -0.05) is 30.3 Å². The molecule has 3 aromatic rings. The Morgan fingerprint density at radius 3 is 2.65 bits per heavy atom. The van der Waals surface area contributed by atoms with Gasteiger partial charge in [-0.25, -0.2) is 9.97 Å². The maximum atomic E-state index is 5.56. The van der Waals surface area contributed by atoms with E-state index in [1.54, 1.807) is 0 Å². The van der Waals surface area contributed by atoms with Crippen LogP contribution in [0.2, 0.25) is 0 Å². The molecule has 0 radical (unpaired) electrons. The van der Waals surface area contributed by atoms with Gasteiger partial charge in [-0.3, -0.25) is 4.40 Å². The standard InChI is InChI=1S/C16H18N4/c17-9-8-15-11-20-12-18-14(10-16(20)19-15)7-6-13-4-2-1-3-5-13/h1-5,10-12H,6-9,17H2. The Morgan fingerprint density at radius 1 is 1.00 bits per heavy atom. The molecule has 0 unspecified atom stereocenters. The van der Waals surface area contributed by atoms with E-state index in [9.17, 15) is 0 Å². The normalized spacial score (nSPS) is 11.1. The molecule has 4 nitrogen and oxygen atoms in total. The molecule has 0 bridgehead atoms. The molecule has 0 saturated heterocycles. The molecular formula is C16H18N4. The van der Waals surface area contributed by atoms with E-state index in [0.717, 1.165) is 36.3 Å². The second-order valence-corrected chi connectivity index (χ2v) is 4.90. The van der Waals surface area contributed by atoms with Gasteiger partial charge in [-0.05, 0) is 24.9 Å². The number of imidazole rings is 1. The zero-order valence-corrected chi connectivity index (χ0v) is 11.4. The summed E-state index contributed by atoms with van der Waals surface area (Å²) in [6, 6.07) is 12.5. The molecule has 4 heteroatoms. The first-order chi connectivity index (χ1) is 9.85. The van der Waals surface area contributed by atoms with Crippen LogP contribution < -0.4 is 5.73 Å². The fourth-order valence-electron chi connectivity index (χ4n) is 2.30. The van der Waals surface area contributed by atoms with Gasteiger partial charge < -0.3 is 5.73 Å². The molecule has 0 aliphatic carbocycles. The molecule has 0 atom stereocenters. The Kier molecular flexibility index (Phi) is 3.74. The van der Waals surface area contributed by atoms with Crippen molar-refractivity contribution in [3.63, 3.8) is 0 Å². The summed E-state index contributed by atoms with van der Waals surface area (Å²) in [5, 5.41) is 0. The number of aromatic nitrogens is 3. The number of nitrogens with zero attached hydrogens (tertiary/aromatic N) is 3. The van der Waals surface area contributed by atoms with Gasteiger partial charge in [0, 0.05) is 24.4 Å². The maximum Gasteiger partial charge on any atom is 0.140 e. The molecule has 0 fully saturated rings. The van der Waals surface area contributed by atoms with E-state index >= 15 is 0 Å². The lowest BCUT2D eigenvalue weighted by Crippen LogP contribution is -2.02. The molecule has 20 heavy (non-hydrogen) atoms. The summed E-state index contributed by atoms with van der Waals surface area (Å²) >= 11 is 0. The van der Waals surface area contributed by atoms with Crippen molar-refractivity contribution in [1.82, 2.24) is 14.4 Å². The van der Waals surface area contributed by atoms with E-state index < -0.39 is 0 Å². The van der Waals surface area contributed by atoms with Crippen molar-refractivity contribution in [1.29, 1.82) is 0 Å². The molecule has 0 spiro atoms. The predicted octanol–water partition coefficient (Wildman–Crippen LogP) is 2.02. The maximum absolute atomic E-state index is 5.56. The van der Waals surface area contributed by atoms with Crippen LogP contribution in [0.3, 0.4) is 0 Å². The van der Waals surface area contributed by atoms with Crippen LogP contribution in [-0.2, 0) is 19.3 Å². The Hall–Kier alpha value is -2.20. The molecule has 0 saturated carbocycles. The second kappa shape index (κ2) is 5.84. The third-order valence-electron chi connectivity index (χ3n) is 3.37. The minimum Gasteiger partial charge on any atom is -0.330 e. The lowest BCUT2D eigenvalue weighted by Gasteiger charge is -2.01. The Bertz CT molecular complexity index is 688. The summed E-state index contributed by atoms with van der Waals surface area (Å²) in [5.41, 5.74) is 9.94. The lowest BCUT2D eigenvalue weighted by molar-refractivity contribution is 0.894. The number of fused-ring (bicyclic) bond motifs is 1. The van der Waals surface area contributed by atoms with Crippen LogP contribution in [0.15, 0.2) is 48.9 Å². The van der Waals surface area contributed by atoms with Gasteiger partial charge in [0.25, 0.3) is 0 Å². The molecule has 1 aromatic carbocycles. The molecular weight excluding hydrogens is 248 g/mol. The van der Waals surface area contributed by atoms with Gasteiger partial charge in [0.2, 0.25) is 0 Å². The summed E-state index contributed by atoms with van der Waals surface area (Å²) in [7, 11) is 0. The van der Waals surface area contributed by atoms with Crippen molar-refractivity contribution in [2.75, 3.05) is 6.54 Å². The van der Waals surface area contributed by atoms with Gasteiger partial charge in [-0.15, -0.1) is 0 Å². The molecule has 2 N–H and O–H groups in total. The topological polar surface area (TPSA) is 56.2 Å². The minimum atomic E-state index is 0.623. The van der Waals surface area contributed by atoms with E-state index in [1.165, 1.54) is 5.56 Å². The van der Waals surface area contributed by atoms with E-state index in [-0.39, 0.29) is 0 Å². The average Bonchev–Trinajstić information content (AvgIpc) is 2.88. The van der Waals surface area contributed by atoms with E-state index in [2.05, 4.69) is 40.3 Å². The summed E-state index contributed by atoms with van der Waals surface area (Å²) in [4.78, 5) is 9.05. The Balaban J connectivity index is 1.75. The van der Waals surface area contributed by atoms with Crippen molar-refractivity contribution in [3.8, 4) is 0 Å². The summed E-state index contributed by atoms with van der Waals surface area (Å²) < 4.78 is 1.96. The molecule has 3 rings (SSSR count). The number of benzene rings is 1. The second-order valence-electron chi connectivity index (χ2n) is 4.90. The molecule has 102 valence electrons. The first-order valence-corrected chi connectivity index (χ1v) is 6.91. The molecule has 0 amide bonds. The monoisotopic (exact) mass is 266 g/mol. The Morgan fingerprint density at radius 2 is 1.85 bits per heavy atom. The van der Waals surface area contributed by atoms with Crippen molar-refractivity contribution in [3.05, 3.63) is 65.9 Å². The van der Waals surface area contributed by atoms with Gasteiger partial charge in [0.05, 0.1) is 5.69 Å². The van der Waals surface area contributed by atoms with Crippen molar-refractivity contribution < 1.29 is 0 Å². The number of rotatable bonds is 5. The first-order valence-electron chi connectivity index (χ1n) is 6.91. The number of aryl methyl sites for hydroxylation is 2. The van der Waals surface area contributed by atoms with Crippen molar-refractivity contribution in [2.45, 2.75) is 19.3 Å². The third-order valence-corrected chi connectivity index (χ3v) is 3.37. The molecule has 2 heterocycles. The number of hydrogen-bond donors (Lipinski definition) is 1. The van der Waals surface area contributed by atoms with Gasteiger partial charge in [0.1, 0.15) is 12.0 Å². The SMILES string of the molecule is NCCc1cn2cnc(CCc3ccccc3)cc2n1. The molecule has 2 aromatic heterocycles. The van der Waals surface area contributed by atoms with Crippen LogP contribution in [0.5, 0.6) is 0 Å².